The number of nitrogens with one attached hydrogen (secondary N) is 1. The molecule has 1 aliphatic carbocycles. The van der Waals surface area contributed by atoms with Gasteiger partial charge in [-0.15, -0.1) is 0 Å². The van der Waals surface area contributed by atoms with Crippen molar-refractivity contribution in [2.24, 2.45) is 5.92 Å². The molecule has 102 valence electrons. The molecule has 0 aromatic carbocycles. The first-order valence-corrected chi connectivity index (χ1v) is 6.51. The number of carbonyl (C=O) groups is 2. The first kappa shape index (κ1) is 13.1. The molecule has 2 fully saturated rings. The molecule has 0 spiro atoms. The van der Waals surface area contributed by atoms with Crippen LogP contribution in [0.5, 0.6) is 0 Å². The molecule has 2 amide bonds. The quantitative estimate of drug-likeness (QED) is 0.775. The van der Waals surface area contributed by atoms with Gasteiger partial charge in [0.2, 0.25) is 0 Å². The van der Waals surface area contributed by atoms with Crippen LogP contribution in [0.1, 0.15) is 26.2 Å². The van der Waals surface area contributed by atoms with Crippen molar-refractivity contribution in [3.05, 3.63) is 0 Å². The molecular weight excluding hydrogens is 236 g/mol. The number of carbonyl (C=O) groups excluding carboxylic acids is 1. The summed E-state index contributed by atoms with van der Waals surface area (Å²) in [6.45, 7) is 3.60. The summed E-state index contributed by atoms with van der Waals surface area (Å²) in [5, 5.41) is 11.7. The van der Waals surface area contributed by atoms with E-state index in [0.29, 0.717) is 19.7 Å². The molecule has 2 aliphatic rings. The molecule has 2 rings (SSSR count). The van der Waals surface area contributed by atoms with Gasteiger partial charge in [-0.25, -0.2) is 9.59 Å². The van der Waals surface area contributed by atoms with E-state index in [0.717, 1.165) is 19.3 Å². The third kappa shape index (κ3) is 3.13. The van der Waals surface area contributed by atoms with Crippen LogP contribution in [0.4, 0.5) is 4.79 Å². The zero-order valence-corrected chi connectivity index (χ0v) is 10.6. The first-order chi connectivity index (χ1) is 8.61. The Morgan fingerprint density at radius 3 is 2.78 bits per heavy atom. The van der Waals surface area contributed by atoms with Crippen molar-refractivity contribution in [2.75, 3.05) is 19.7 Å². The van der Waals surface area contributed by atoms with Crippen LogP contribution in [0, 0.1) is 5.92 Å². The number of morpholine rings is 1. The standard InChI is InChI=1S/C12H20N2O4/c1-2-9-7-14(5-6-18-9)12(17)13-10(11(15)16)8-3-4-8/h8-10H,2-7H2,1H3,(H,13,17)(H,15,16). The van der Waals surface area contributed by atoms with Gasteiger partial charge in [-0.3, -0.25) is 0 Å². The number of rotatable bonds is 4. The third-order valence-corrected chi connectivity index (χ3v) is 3.52. The SMILES string of the molecule is CCC1CN(C(=O)NC(C(=O)O)C2CC2)CCO1. The zero-order chi connectivity index (χ0) is 13.1. The highest BCUT2D eigenvalue weighted by Gasteiger charge is 2.38. The molecule has 0 aromatic rings. The van der Waals surface area contributed by atoms with Gasteiger partial charge in [0.15, 0.2) is 0 Å². The summed E-state index contributed by atoms with van der Waals surface area (Å²) >= 11 is 0. The number of amides is 2. The number of hydrogen-bond acceptors (Lipinski definition) is 3. The van der Waals surface area contributed by atoms with Crippen LogP contribution in [-0.4, -0.2) is 53.8 Å². The van der Waals surface area contributed by atoms with Gasteiger partial charge in [0, 0.05) is 13.1 Å². The second kappa shape index (κ2) is 5.56. The molecule has 0 radical (unpaired) electrons. The van der Waals surface area contributed by atoms with E-state index in [1.807, 2.05) is 6.92 Å². The lowest BCUT2D eigenvalue weighted by Crippen LogP contribution is -2.53. The lowest BCUT2D eigenvalue weighted by molar-refractivity contribution is -0.139. The van der Waals surface area contributed by atoms with Gasteiger partial charge in [0.05, 0.1) is 12.7 Å². The number of carboxylic acids is 1. The highest BCUT2D eigenvalue weighted by atomic mass is 16.5. The lowest BCUT2D eigenvalue weighted by atomic mass is 10.2. The topological polar surface area (TPSA) is 78.9 Å². The Balaban J connectivity index is 1.88. The third-order valence-electron chi connectivity index (χ3n) is 3.52. The molecule has 0 bridgehead atoms. The average molecular weight is 256 g/mol. The van der Waals surface area contributed by atoms with E-state index in [9.17, 15) is 9.59 Å². The van der Waals surface area contributed by atoms with Crippen molar-refractivity contribution in [1.29, 1.82) is 0 Å². The molecule has 2 N–H and O–H groups in total. The minimum atomic E-state index is -0.939. The Kier molecular flexibility index (Phi) is 4.06. The number of ether oxygens (including phenoxy) is 1. The smallest absolute Gasteiger partial charge is 0.326 e. The van der Waals surface area contributed by atoms with Crippen LogP contribution >= 0.6 is 0 Å². The van der Waals surface area contributed by atoms with E-state index in [2.05, 4.69) is 5.32 Å². The van der Waals surface area contributed by atoms with Crippen molar-refractivity contribution in [2.45, 2.75) is 38.3 Å². The van der Waals surface area contributed by atoms with Gasteiger partial charge in [-0.2, -0.15) is 0 Å². The van der Waals surface area contributed by atoms with E-state index >= 15 is 0 Å². The monoisotopic (exact) mass is 256 g/mol. The van der Waals surface area contributed by atoms with Gasteiger partial charge >= 0.3 is 12.0 Å². The number of carboxylic acid groups (broad SMARTS) is 1. The number of urea groups is 1. The highest BCUT2D eigenvalue weighted by molar-refractivity contribution is 5.83. The zero-order valence-electron chi connectivity index (χ0n) is 10.6. The van der Waals surface area contributed by atoms with Crippen LogP contribution in [0.2, 0.25) is 0 Å². The highest BCUT2D eigenvalue weighted by Crippen LogP contribution is 2.32. The molecule has 18 heavy (non-hydrogen) atoms. The predicted molar refractivity (Wildman–Crippen MR) is 64.3 cm³/mol. The summed E-state index contributed by atoms with van der Waals surface area (Å²) in [7, 11) is 0. The summed E-state index contributed by atoms with van der Waals surface area (Å²) in [5.74, 6) is -0.833. The minimum absolute atomic E-state index is 0.0636. The molecule has 1 heterocycles. The maximum atomic E-state index is 12.0. The number of nitrogens with zero attached hydrogens (tertiary/aromatic N) is 1. The van der Waals surface area contributed by atoms with Crippen molar-refractivity contribution < 1.29 is 19.4 Å². The summed E-state index contributed by atoms with van der Waals surface area (Å²) in [6, 6.07) is -1.02. The molecule has 1 aliphatic heterocycles. The largest absolute Gasteiger partial charge is 0.480 e. The van der Waals surface area contributed by atoms with Crippen LogP contribution < -0.4 is 5.32 Å². The number of hydrogen-bond donors (Lipinski definition) is 2. The second-order valence-corrected chi connectivity index (χ2v) is 4.95. The van der Waals surface area contributed by atoms with Crippen molar-refractivity contribution in [3.8, 4) is 0 Å². The summed E-state index contributed by atoms with van der Waals surface area (Å²) in [6.07, 6.45) is 2.69. The van der Waals surface area contributed by atoms with Crippen molar-refractivity contribution in [1.82, 2.24) is 10.2 Å². The van der Waals surface area contributed by atoms with Crippen molar-refractivity contribution in [3.63, 3.8) is 0 Å². The van der Waals surface area contributed by atoms with Crippen LogP contribution in [0.15, 0.2) is 0 Å². The van der Waals surface area contributed by atoms with Gasteiger partial charge < -0.3 is 20.1 Å². The Bertz CT molecular complexity index is 330. The predicted octanol–water partition coefficient (Wildman–Crippen LogP) is 0.670. The minimum Gasteiger partial charge on any atom is -0.480 e. The Morgan fingerprint density at radius 1 is 1.50 bits per heavy atom. The molecule has 6 nitrogen and oxygen atoms in total. The fourth-order valence-electron chi connectivity index (χ4n) is 2.19. The van der Waals surface area contributed by atoms with E-state index in [1.165, 1.54) is 0 Å². The molecular formula is C12H20N2O4. The summed E-state index contributed by atoms with van der Waals surface area (Å²) in [4.78, 5) is 24.7. The van der Waals surface area contributed by atoms with E-state index in [-0.39, 0.29) is 18.1 Å². The maximum Gasteiger partial charge on any atom is 0.326 e. The summed E-state index contributed by atoms with van der Waals surface area (Å²) in [5.41, 5.74) is 0. The van der Waals surface area contributed by atoms with E-state index in [1.54, 1.807) is 4.90 Å². The van der Waals surface area contributed by atoms with Crippen LogP contribution in [0.25, 0.3) is 0 Å². The van der Waals surface area contributed by atoms with Gasteiger partial charge in [-0.1, -0.05) is 6.92 Å². The number of aliphatic carboxylic acids is 1. The van der Waals surface area contributed by atoms with Crippen molar-refractivity contribution >= 4 is 12.0 Å². The Morgan fingerprint density at radius 2 is 2.22 bits per heavy atom. The average Bonchev–Trinajstić information content (AvgIpc) is 3.19. The molecule has 2 atom stereocenters. The van der Waals surface area contributed by atoms with E-state index in [4.69, 9.17) is 9.84 Å². The fourth-order valence-corrected chi connectivity index (χ4v) is 2.19. The summed E-state index contributed by atoms with van der Waals surface area (Å²) < 4.78 is 5.48. The lowest BCUT2D eigenvalue weighted by Gasteiger charge is -2.33. The van der Waals surface area contributed by atoms with Crippen LogP contribution in [0.3, 0.4) is 0 Å². The maximum absolute atomic E-state index is 12.0. The van der Waals surface area contributed by atoms with Gasteiger partial charge in [0.1, 0.15) is 6.04 Å². The Hall–Kier alpha value is -1.30. The van der Waals surface area contributed by atoms with Crippen LogP contribution in [-0.2, 0) is 9.53 Å². The molecule has 1 saturated carbocycles. The molecule has 2 unspecified atom stereocenters. The Labute approximate surface area is 106 Å². The molecule has 1 saturated heterocycles. The van der Waals surface area contributed by atoms with Gasteiger partial charge in [-0.05, 0) is 25.2 Å². The fraction of sp³-hybridized carbons (Fsp3) is 0.833. The molecule has 0 aromatic heterocycles. The van der Waals surface area contributed by atoms with E-state index < -0.39 is 12.0 Å². The second-order valence-electron chi connectivity index (χ2n) is 4.95. The normalized spacial score (nSPS) is 25.6. The first-order valence-electron chi connectivity index (χ1n) is 6.51. The molecule has 6 heteroatoms. The van der Waals surface area contributed by atoms with Gasteiger partial charge in [0.25, 0.3) is 0 Å².